The molecule has 0 saturated heterocycles. The second-order valence-electron chi connectivity index (χ2n) is 10.3. The quantitative estimate of drug-likeness (QED) is 0.0753. The van der Waals surface area contributed by atoms with E-state index in [4.69, 9.17) is 14.2 Å². The monoisotopic (exact) mass is 544 g/mol. The number of hydrogen-bond acceptors (Lipinski definition) is 8. The van der Waals surface area contributed by atoms with Crippen LogP contribution in [0.3, 0.4) is 0 Å². The molecular weight excluding hydrogens is 488 g/mol. The lowest BCUT2D eigenvalue weighted by molar-refractivity contribution is -0.195. The smallest absolute Gasteiger partial charge is 0.342 e. The number of hydrogen-bond donors (Lipinski definition) is 2. The van der Waals surface area contributed by atoms with E-state index in [1.165, 1.54) is 6.42 Å². The molecule has 0 spiro atoms. The van der Waals surface area contributed by atoms with Gasteiger partial charge in [0, 0.05) is 0 Å². The first-order chi connectivity index (χ1) is 18.3. The minimum atomic E-state index is -2.77. The maximum atomic E-state index is 12.8. The fourth-order valence-corrected chi connectivity index (χ4v) is 4.12. The largest absolute Gasteiger partial charge is 0.466 e. The highest BCUT2D eigenvalue weighted by atomic mass is 16.6. The van der Waals surface area contributed by atoms with Gasteiger partial charge < -0.3 is 24.4 Å². The highest BCUT2D eigenvalue weighted by Gasteiger charge is 2.51. The Balaban J connectivity index is 4.85. The topological polar surface area (TPSA) is 119 Å². The third-order valence-electron chi connectivity index (χ3n) is 6.68. The van der Waals surface area contributed by atoms with Crippen LogP contribution < -0.4 is 0 Å². The molecule has 0 heterocycles. The van der Waals surface area contributed by atoms with E-state index in [1.54, 1.807) is 0 Å². The molecule has 0 saturated carbocycles. The number of esters is 3. The van der Waals surface area contributed by atoms with Crippen LogP contribution in [0.5, 0.6) is 0 Å². The molecule has 0 aromatic rings. The predicted octanol–water partition coefficient (Wildman–Crippen LogP) is 6.18. The first kappa shape index (κ1) is 36.3. The first-order valence-electron chi connectivity index (χ1n) is 15.2. The van der Waals surface area contributed by atoms with Crippen molar-refractivity contribution in [3.05, 3.63) is 0 Å². The third-order valence-corrected chi connectivity index (χ3v) is 6.68. The van der Waals surface area contributed by atoms with E-state index in [-0.39, 0.29) is 19.8 Å². The molecule has 0 aromatic heterocycles. The zero-order chi connectivity index (χ0) is 28.5. The third kappa shape index (κ3) is 17.8. The molecule has 8 nitrogen and oxygen atoms in total. The van der Waals surface area contributed by atoms with Crippen molar-refractivity contribution in [1.82, 2.24) is 0 Å². The van der Waals surface area contributed by atoms with Gasteiger partial charge in [0.25, 0.3) is 0 Å². The van der Waals surface area contributed by atoms with E-state index >= 15 is 0 Å². The summed E-state index contributed by atoms with van der Waals surface area (Å²) in [4.78, 5) is 37.7. The highest BCUT2D eigenvalue weighted by molar-refractivity contribution is 5.92. The van der Waals surface area contributed by atoms with Crippen LogP contribution in [-0.2, 0) is 28.6 Å². The molecule has 2 unspecified atom stereocenters. The Morgan fingerprint density at radius 1 is 0.579 bits per heavy atom. The minimum absolute atomic E-state index is 0.0274. The average Bonchev–Trinajstić information content (AvgIpc) is 2.90. The standard InChI is InChI=1S/C30H56O8/c1-4-7-10-13-16-19-22-36-26(31)25-30(35,29(34)38-24-21-18-15-12-9-6-3)27(32)28(33)37-23-20-17-14-11-8-5-2/h27,32,35H,4-25H2,1-3H3. The Morgan fingerprint density at radius 2 is 0.947 bits per heavy atom. The van der Waals surface area contributed by atoms with E-state index in [2.05, 4.69) is 20.8 Å². The molecule has 0 amide bonds. The van der Waals surface area contributed by atoms with Crippen molar-refractivity contribution in [3.63, 3.8) is 0 Å². The summed E-state index contributed by atoms with van der Waals surface area (Å²) < 4.78 is 15.5. The van der Waals surface area contributed by atoms with Gasteiger partial charge in [-0.25, -0.2) is 9.59 Å². The maximum absolute atomic E-state index is 12.8. The molecular formula is C30H56O8. The molecule has 0 bridgehead atoms. The SMILES string of the molecule is CCCCCCCCOC(=O)CC(O)(C(=O)OCCCCCCCC)C(O)C(=O)OCCCCCCCC. The molecule has 2 atom stereocenters. The fraction of sp³-hybridized carbons (Fsp3) is 0.900. The summed E-state index contributed by atoms with van der Waals surface area (Å²) in [6, 6.07) is 0. The van der Waals surface area contributed by atoms with Crippen LogP contribution in [0.4, 0.5) is 0 Å². The van der Waals surface area contributed by atoms with Gasteiger partial charge in [-0.3, -0.25) is 4.79 Å². The van der Waals surface area contributed by atoms with Gasteiger partial charge >= 0.3 is 17.9 Å². The van der Waals surface area contributed by atoms with E-state index in [0.717, 1.165) is 89.9 Å². The van der Waals surface area contributed by atoms with Gasteiger partial charge in [0.1, 0.15) is 0 Å². The maximum Gasteiger partial charge on any atom is 0.342 e. The molecule has 0 aromatic carbocycles. The molecule has 224 valence electrons. The molecule has 0 aliphatic heterocycles. The van der Waals surface area contributed by atoms with Gasteiger partial charge in [-0.1, -0.05) is 117 Å². The van der Waals surface area contributed by atoms with Crippen molar-refractivity contribution in [3.8, 4) is 0 Å². The average molecular weight is 545 g/mol. The zero-order valence-electron chi connectivity index (χ0n) is 24.5. The van der Waals surface area contributed by atoms with Crippen molar-refractivity contribution in [2.45, 2.75) is 154 Å². The number of aliphatic hydroxyl groups is 2. The molecule has 0 rings (SSSR count). The lowest BCUT2D eigenvalue weighted by Gasteiger charge is -2.28. The van der Waals surface area contributed by atoms with Crippen LogP contribution in [0.25, 0.3) is 0 Å². The van der Waals surface area contributed by atoms with Crippen LogP contribution in [0.2, 0.25) is 0 Å². The first-order valence-corrected chi connectivity index (χ1v) is 15.2. The molecule has 0 aliphatic carbocycles. The van der Waals surface area contributed by atoms with E-state index in [0.29, 0.717) is 19.3 Å². The summed E-state index contributed by atoms with van der Waals surface area (Å²) in [5, 5.41) is 21.6. The van der Waals surface area contributed by atoms with Gasteiger partial charge in [0.15, 0.2) is 6.10 Å². The van der Waals surface area contributed by atoms with E-state index in [1.807, 2.05) is 0 Å². The second-order valence-corrected chi connectivity index (χ2v) is 10.3. The zero-order valence-corrected chi connectivity index (χ0v) is 24.5. The van der Waals surface area contributed by atoms with Crippen molar-refractivity contribution in [2.24, 2.45) is 0 Å². The van der Waals surface area contributed by atoms with E-state index in [9.17, 15) is 24.6 Å². The van der Waals surface area contributed by atoms with Crippen molar-refractivity contribution < 1.29 is 38.8 Å². The number of carbonyl (C=O) groups excluding carboxylic acids is 3. The summed E-state index contributed by atoms with van der Waals surface area (Å²) in [6.07, 6.45) is 14.7. The minimum Gasteiger partial charge on any atom is -0.466 e. The number of rotatable bonds is 26. The highest BCUT2D eigenvalue weighted by Crippen LogP contribution is 2.22. The van der Waals surface area contributed by atoms with Crippen molar-refractivity contribution >= 4 is 17.9 Å². The molecule has 0 aliphatic rings. The molecule has 0 radical (unpaired) electrons. The fourth-order valence-electron chi connectivity index (χ4n) is 4.12. The summed E-state index contributed by atoms with van der Waals surface area (Å²) in [5.41, 5.74) is -2.77. The summed E-state index contributed by atoms with van der Waals surface area (Å²) in [5.74, 6) is -3.24. The Hall–Kier alpha value is -1.67. The van der Waals surface area contributed by atoms with Crippen LogP contribution in [0.1, 0.15) is 143 Å². The molecule has 2 N–H and O–H groups in total. The van der Waals surface area contributed by atoms with Crippen molar-refractivity contribution in [1.29, 1.82) is 0 Å². The van der Waals surface area contributed by atoms with Gasteiger partial charge in [-0.05, 0) is 19.3 Å². The molecule has 8 heteroatoms. The number of aliphatic hydroxyl groups excluding tert-OH is 1. The Bertz CT molecular complexity index is 609. The van der Waals surface area contributed by atoms with Gasteiger partial charge in [-0.15, -0.1) is 0 Å². The predicted molar refractivity (Wildman–Crippen MR) is 149 cm³/mol. The van der Waals surface area contributed by atoms with Crippen LogP contribution in [-0.4, -0.2) is 59.6 Å². The van der Waals surface area contributed by atoms with Gasteiger partial charge in [0.2, 0.25) is 5.60 Å². The van der Waals surface area contributed by atoms with Crippen LogP contribution >= 0.6 is 0 Å². The summed E-state index contributed by atoms with van der Waals surface area (Å²) in [7, 11) is 0. The van der Waals surface area contributed by atoms with Crippen LogP contribution in [0.15, 0.2) is 0 Å². The van der Waals surface area contributed by atoms with Crippen LogP contribution in [0, 0.1) is 0 Å². The van der Waals surface area contributed by atoms with Gasteiger partial charge in [0.05, 0.1) is 26.2 Å². The summed E-state index contributed by atoms with van der Waals surface area (Å²) >= 11 is 0. The Kier molecular flexibility index (Phi) is 23.3. The molecule has 0 fully saturated rings. The van der Waals surface area contributed by atoms with Crippen molar-refractivity contribution in [2.75, 3.05) is 19.8 Å². The summed E-state index contributed by atoms with van der Waals surface area (Å²) in [6.45, 7) is 6.64. The Morgan fingerprint density at radius 3 is 1.39 bits per heavy atom. The number of ether oxygens (including phenoxy) is 3. The number of carbonyl (C=O) groups is 3. The normalized spacial score (nSPS) is 13.5. The van der Waals surface area contributed by atoms with E-state index < -0.39 is 36.0 Å². The lowest BCUT2D eigenvalue weighted by atomic mass is 9.92. The van der Waals surface area contributed by atoms with Gasteiger partial charge in [-0.2, -0.15) is 0 Å². The Labute approximate surface area is 231 Å². The second kappa shape index (κ2) is 24.4. The molecule has 38 heavy (non-hydrogen) atoms. The number of unbranched alkanes of at least 4 members (excludes halogenated alkanes) is 15. The lowest BCUT2D eigenvalue weighted by Crippen LogP contribution is -2.56.